The minimum atomic E-state index is -1.27. The Morgan fingerprint density at radius 2 is 1.61 bits per heavy atom. The highest BCUT2D eigenvalue weighted by Gasteiger charge is 2.35. The standard InChI is InChI=1S/C25H18ClN3O6S/c1-12-6-14(13(2)28(12)19-8-15(23(32)33)7-16(9-19)24(34)35)10-20-21(30)27-25(36)29(22(20)31)18-5-3-4-17(26)11-18/h3-11H,1-2H3,(H,32,33)(H,34,35)(H,27,30,36)/b20-10-. The molecule has 0 spiro atoms. The quantitative estimate of drug-likeness (QED) is 0.262. The third-order valence-electron chi connectivity index (χ3n) is 5.61. The van der Waals surface area contributed by atoms with Gasteiger partial charge in [0.1, 0.15) is 5.57 Å². The molecule has 9 nitrogen and oxygen atoms in total. The molecule has 0 bridgehead atoms. The maximum Gasteiger partial charge on any atom is 0.335 e. The zero-order valence-electron chi connectivity index (χ0n) is 18.9. The van der Waals surface area contributed by atoms with E-state index in [4.69, 9.17) is 23.8 Å². The molecule has 4 rings (SSSR count). The number of thiocarbonyl (C=S) groups is 1. The Hall–Kier alpha value is -4.28. The van der Waals surface area contributed by atoms with E-state index >= 15 is 0 Å². The number of halogens is 1. The third kappa shape index (κ3) is 4.51. The number of hydrogen-bond donors (Lipinski definition) is 3. The number of benzene rings is 2. The molecule has 1 fully saturated rings. The molecule has 0 aliphatic carbocycles. The maximum atomic E-state index is 13.3. The summed E-state index contributed by atoms with van der Waals surface area (Å²) >= 11 is 11.3. The summed E-state index contributed by atoms with van der Waals surface area (Å²) in [6, 6.07) is 11.9. The Kier molecular flexibility index (Phi) is 6.49. The predicted octanol–water partition coefficient (Wildman–Crippen LogP) is 3.98. The van der Waals surface area contributed by atoms with Gasteiger partial charge in [0.05, 0.1) is 16.8 Å². The monoisotopic (exact) mass is 523 g/mol. The number of carboxylic acid groups (broad SMARTS) is 2. The van der Waals surface area contributed by atoms with Crippen LogP contribution in [0.3, 0.4) is 0 Å². The zero-order valence-corrected chi connectivity index (χ0v) is 20.5. The number of carbonyl (C=O) groups is 4. The van der Waals surface area contributed by atoms with Gasteiger partial charge in [0.25, 0.3) is 11.8 Å². The Morgan fingerprint density at radius 3 is 2.19 bits per heavy atom. The number of aromatic nitrogens is 1. The largest absolute Gasteiger partial charge is 0.478 e. The first-order valence-corrected chi connectivity index (χ1v) is 11.2. The lowest BCUT2D eigenvalue weighted by molar-refractivity contribution is -0.122. The fourth-order valence-corrected chi connectivity index (χ4v) is 4.45. The number of anilines is 1. The Labute approximate surface area is 215 Å². The van der Waals surface area contributed by atoms with Crippen LogP contribution in [0.5, 0.6) is 0 Å². The molecule has 182 valence electrons. The minimum Gasteiger partial charge on any atom is -0.478 e. The molecule has 3 aromatic rings. The second-order valence-corrected chi connectivity index (χ2v) is 8.80. The summed E-state index contributed by atoms with van der Waals surface area (Å²) in [5.41, 5.74) is 1.84. The number of amides is 2. The Morgan fingerprint density at radius 1 is 0.972 bits per heavy atom. The van der Waals surface area contributed by atoms with Crippen molar-refractivity contribution in [2.45, 2.75) is 13.8 Å². The lowest BCUT2D eigenvalue weighted by Gasteiger charge is -2.29. The molecule has 11 heteroatoms. The van der Waals surface area contributed by atoms with Gasteiger partial charge in [-0.2, -0.15) is 0 Å². The number of carbonyl (C=O) groups excluding carboxylic acids is 2. The fourth-order valence-electron chi connectivity index (χ4n) is 3.98. The van der Waals surface area contributed by atoms with Gasteiger partial charge in [-0.1, -0.05) is 17.7 Å². The summed E-state index contributed by atoms with van der Waals surface area (Å²) in [5, 5.41) is 21.7. The van der Waals surface area contributed by atoms with E-state index in [0.717, 1.165) is 6.07 Å². The highest BCUT2D eigenvalue weighted by atomic mass is 35.5. The van der Waals surface area contributed by atoms with Gasteiger partial charge < -0.3 is 14.8 Å². The second kappa shape index (κ2) is 9.40. The molecular formula is C25H18ClN3O6S. The number of hydrogen-bond acceptors (Lipinski definition) is 5. The van der Waals surface area contributed by atoms with Gasteiger partial charge in [0.15, 0.2) is 5.11 Å². The van der Waals surface area contributed by atoms with E-state index in [9.17, 15) is 29.4 Å². The van der Waals surface area contributed by atoms with E-state index in [0.29, 0.717) is 33.3 Å². The van der Waals surface area contributed by atoms with Gasteiger partial charge in [-0.25, -0.2) is 9.59 Å². The van der Waals surface area contributed by atoms with Gasteiger partial charge >= 0.3 is 11.9 Å². The first-order valence-electron chi connectivity index (χ1n) is 10.5. The van der Waals surface area contributed by atoms with Crippen molar-refractivity contribution in [1.82, 2.24) is 9.88 Å². The van der Waals surface area contributed by atoms with E-state index in [-0.39, 0.29) is 21.8 Å². The van der Waals surface area contributed by atoms with Crippen LogP contribution in [0.1, 0.15) is 37.7 Å². The van der Waals surface area contributed by atoms with Crippen LogP contribution >= 0.6 is 23.8 Å². The number of aryl methyl sites for hydroxylation is 1. The summed E-state index contributed by atoms with van der Waals surface area (Å²) in [5.74, 6) is -3.86. The first kappa shape index (κ1) is 24.8. The average Bonchev–Trinajstić information content (AvgIpc) is 3.08. The van der Waals surface area contributed by atoms with E-state index in [1.165, 1.54) is 23.1 Å². The first-order chi connectivity index (χ1) is 17.0. The summed E-state index contributed by atoms with van der Waals surface area (Å²) in [6.07, 6.45) is 1.41. The summed E-state index contributed by atoms with van der Waals surface area (Å²) in [7, 11) is 0. The summed E-state index contributed by atoms with van der Waals surface area (Å²) in [6.45, 7) is 3.44. The molecule has 1 aromatic heterocycles. The minimum absolute atomic E-state index is 0.0819. The topological polar surface area (TPSA) is 129 Å². The van der Waals surface area contributed by atoms with Gasteiger partial charge in [-0.3, -0.25) is 19.8 Å². The Balaban J connectivity index is 1.81. The van der Waals surface area contributed by atoms with Crippen molar-refractivity contribution in [2.75, 3.05) is 4.90 Å². The van der Waals surface area contributed by atoms with Crippen molar-refractivity contribution >= 4 is 64.4 Å². The molecule has 2 amide bonds. The molecule has 1 aliphatic rings. The van der Waals surface area contributed by atoms with Crippen molar-refractivity contribution in [2.24, 2.45) is 0 Å². The lowest BCUT2D eigenvalue weighted by atomic mass is 10.1. The molecule has 0 unspecified atom stereocenters. The van der Waals surface area contributed by atoms with E-state index in [1.807, 2.05) is 0 Å². The van der Waals surface area contributed by atoms with Crippen molar-refractivity contribution < 1.29 is 29.4 Å². The smallest absolute Gasteiger partial charge is 0.335 e. The normalized spacial score (nSPS) is 14.8. The van der Waals surface area contributed by atoms with Crippen LogP contribution in [-0.4, -0.2) is 43.6 Å². The van der Waals surface area contributed by atoms with Gasteiger partial charge in [0.2, 0.25) is 0 Å². The molecular weight excluding hydrogens is 506 g/mol. The Bertz CT molecular complexity index is 1490. The van der Waals surface area contributed by atoms with Crippen LogP contribution in [0, 0.1) is 13.8 Å². The molecule has 1 saturated heterocycles. The SMILES string of the molecule is Cc1cc(/C=C2/C(=O)NC(=S)N(c3cccc(Cl)c3)C2=O)c(C)n1-c1cc(C(=O)O)cc(C(=O)O)c1. The van der Waals surface area contributed by atoms with E-state index in [1.54, 1.807) is 48.7 Å². The summed E-state index contributed by atoms with van der Waals surface area (Å²) < 4.78 is 1.65. The molecule has 3 N–H and O–H groups in total. The van der Waals surface area contributed by atoms with Crippen LogP contribution in [0.15, 0.2) is 54.1 Å². The van der Waals surface area contributed by atoms with Crippen molar-refractivity contribution in [1.29, 1.82) is 0 Å². The third-order valence-corrected chi connectivity index (χ3v) is 6.13. The predicted molar refractivity (Wildman–Crippen MR) is 137 cm³/mol. The van der Waals surface area contributed by atoms with E-state index in [2.05, 4.69) is 5.32 Å². The fraction of sp³-hybridized carbons (Fsp3) is 0.0800. The van der Waals surface area contributed by atoms with Crippen molar-refractivity contribution in [3.8, 4) is 5.69 Å². The highest BCUT2D eigenvalue weighted by molar-refractivity contribution is 7.80. The molecule has 1 aliphatic heterocycles. The molecule has 0 radical (unpaired) electrons. The van der Waals surface area contributed by atoms with Crippen LogP contribution in [0.4, 0.5) is 5.69 Å². The van der Waals surface area contributed by atoms with E-state index < -0.39 is 23.8 Å². The van der Waals surface area contributed by atoms with Gasteiger partial charge in [-0.05, 0) is 80.2 Å². The number of nitrogens with zero attached hydrogens (tertiary/aromatic N) is 2. The van der Waals surface area contributed by atoms with Crippen molar-refractivity contribution in [3.63, 3.8) is 0 Å². The van der Waals surface area contributed by atoms with Gasteiger partial charge in [-0.15, -0.1) is 0 Å². The molecule has 2 aromatic carbocycles. The average molecular weight is 524 g/mol. The van der Waals surface area contributed by atoms with Crippen LogP contribution in [-0.2, 0) is 9.59 Å². The van der Waals surface area contributed by atoms with Crippen LogP contribution in [0.25, 0.3) is 11.8 Å². The number of aromatic carboxylic acids is 2. The molecule has 2 heterocycles. The highest BCUT2D eigenvalue weighted by Crippen LogP contribution is 2.28. The van der Waals surface area contributed by atoms with Crippen LogP contribution in [0.2, 0.25) is 5.02 Å². The zero-order chi connectivity index (χ0) is 26.3. The number of nitrogens with one attached hydrogen (secondary N) is 1. The molecule has 0 saturated carbocycles. The van der Waals surface area contributed by atoms with Crippen molar-refractivity contribution in [3.05, 3.63) is 87.2 Å². The number of rotatable bonds is 5. The number of carboxylic acids is 2. The maximum absolute atomic E-state index is 13.3. The second-order valence-electron chi connectivity index (χ2n) is 7.98. The molecule has 36 heavy (non-hydrogen) atoms. The van der Waals surface area contributed by atoms with Crippen LogP contribution < -0.4 is 10.2 Å². The molecule has 0 atom stereocenters. The summed E-state index contributed by atoms with van der Waals surface area (Å²) in [4.78, 5) is 50.3. The van der Waals surface area contributed by atoms with Gasteiger partial charge in [0, 0.05) is 22.1 Å². The lowest BCUT2D eigenvalue weighted by Crippen LogP contribution is -2.54.